The summed E-state index contributed by atoms with van der Waals surface area (Å²) in [7, 11) is 0. The number of aliphatic hydroxyl groups is 1. The zero-order valence-corrected chi connectivity index (χ0v) is 10.0. The predicted molar refractivity (Wildman–Crippen MR) is 66.7 cm³/mol. The quantitative estimate of drug-likeness (QED) is 0.617. The lowest BCUT2D eigenvalue weighted by molar-refractivity contribution is 0.0995. The first kappa shape index (κ1) is 13.4. The van der Waals surface area contributed by atoms with Crippen LogP contribution >= 0.6 is 0 Å². The lowest BCUT2D eigenvalue weighted by atomic mass is 10.1. The van der Waals surface area contributed by atoms with E-state index in [2.05, 4.69) is 10.3 Å². The molecular formula is C12H19N3O2. The molecule has 1 rings (SSSR count). The number of nitrogens with two attached hydrogens (primary N) is 1. The third-order valence-corrected chi connectivity index (χ3v) is 2.53. The highest BCUT2D eigenvalue weighted by atomic mass is 16.3. The van der Waals surface area contributed by atoms with E-state index in [0.29, 0.717) is 5.92 Å². The number of aliphatic hydroxyl groups excluding tert-OH is 1. The standard InChI is InChI=1S/C12H19N3O2/c1-9(8-16)3-2-5-14-10-4-6-15-11(7-10)12(13)17/h4,6-7,9,16H,2-3,5,8H2,1H3,(H2,13,17)(H,14,15). The van der Waals surface area contributed by atoms with Crippen molar-refractivity contribution in [3.8, 4) is 0 Å². The largest absolute Gasteiger partial charge is 0.396 e. The predicted octanol–water partition coefficient (Wildman–Crippen LogP) is 1.00. The molecule has 5 nitrogen and oxygen atoms in total. The van der Waals surface area contributed by atoms with Crippen molar-refractivity contribution in [3.63, 3.8) is 0 Å². The van der Waals surface area contributed by atoms with Crippen LogP contribution in [-0.4, -0.2) is 29.1 Å². The van der Waals surface area contributed by atoms with E-state index in [9.17, 15) is 4.79 Å². The summed E-state index contributed by atoms with van der Waals surface area (Å²) in [5, 5.41) is 12.1. The van der Waals surface area contributed by atoms with E-state index >= 15 is 0 Å². The van der Waals surface area contributed by atoms with Gasteiger partial charge in [-0.1, -0.05) is 6.92 Å². The molecule has 17 heavy (non-hydrogen) atoms. The number of nitrogens with zero attached hydrogens (tertiary/aromatic N) is 1. The molecule has 4 N–H and O–H groups in total. The Hall–Kier alpha value is -1.62. The zero-order chi connectivity index (χ0) is 12.7. The van der Waals surface area contributed by atoms with Crippen molar-refractivity contribution >= 4 is 11.6 Å². The maximum absolute atomic E-state index is 10.9. The molecule has 5 heteroatoms. The van der Waals surface area contributed by atoms with Gasteiger partial charge in [-0.05, 0) is 30.9 Å². The molecule has 0 saturated carbocycles. The Morgan fingerprint density at radius 2 is 2.41 bits per heavy atom. The minimum atomic E-state index is -0.525. The number of nitrogens with one attached hydrogen (secondary N) is 1. The second-order valence-electron chi connectivity index (χ2n) is 4.15. The van der Waals surface area contributed by atoms with Crippen LogP contribution in [0.25, 0.3) is 0 Å². The van der Waals surface area contributed by atoms with Gasteiger partial charge in [0.15, 0.2) is 0 Å². The molecular weight excluding hydrogens is 218 g/mol. The third kappa shape index (κ3) is 4.82. The molecule has 94 valence electrons. The summed E-state index contributed by atoms with van der Waals surface area (Å²) in [4.78, 5) is 14.8. The summed E-state index contributed by atoms with van der Waals surface area (Å²) in [6, 6.07) is 3.43. The molecule has 0 saturated heterocycles. The Kier molecular flexibility index (Phi) is 5.42. The first-order valence-corrected chi connectivity index (χ1v) is 5.74. The van der Waals surface area contributed by atoms with Crippen molar-refractivity contribution in [1.29, 1.82) is 0 Å². The van der Waals surface area contributed by atoms with Gasteiger partial charge in [0.25, 0.3) is 5.91 Å². The Bertz CT molecular complexity index is 369. The molecule has 1 aromatic heterocycles. The summed E-state index contributed by atoms with van der Waals surface area (Å²) >= 11 is 0. The number of hydrogen-bond donors (Lipinski definition) is 3. The molecule has 1 heterocycles. The number of anilines is 1. The molecule has 1 amide bonds. The number of carbonyl (C=O) groups is 1. The zero-order valence-electron chi connectivity index (χ0n) is 10.0. The normalized spacial score (nSPS) is 12.1. The topological polar surface area (TPSA) is 88.2 Å². The van der Waals surface area contributed by atoms with E-state index in [1.165, 1.54) is 0 Å². The lowest BCUT2D eigenvalue weighted by Gasteiger charge is -2.09. The third-order valence-electron chi connectivity index (χ3n) is 2.53. The van der Waals surface area contributed by atoms with Gasteiger partial charge in [0.05, 0.1) is 0 Å². The highest BCUT2D eigenvalue weighted by Gasteiger charge is 2.03. The summed E-state index contributed by atoms with van der Waals surface area (Å²) in [5.74, 6) is -0.196. The van der Waals surface area contributed by atoms with Gasteiger partial charge in [0.2, 0.25) is 0 Å². The van der Waals surface area contributed by atoms with Crippen LogP contribution in [0.1, 0.15) is 30.3 Å². The molecule has 0 aliphatic rings. The molecule has 1 aromatic rings. The first-order chi connectivity index (χ1) is 8.13. The Balaban J connectivity index is 2.36. The first-order valence-electron chi connectivity index (χ1n) is 5.74. The number of primary amides is 1. The SMILES string of the molecule is CC(CO)CCCNc1ccnc(C(N)=O)c1. The molecule has 1 atom stereocenters. The Morgan fingerprint density at radius 3 is 3.06 bits per heavy atom. The van der Waals surface area contributed by atoms with Crippen molar-refractivity contribution in [1.82, 2.24) is 4.98 Å². The van der Waals surface area contributed by atoms with Gasteiger partial charge < -0.3 is 16.2 Å². The monoisotopic (exact) mass is 237 g/mol. The van der Waals surface area contributed by atoms with Crippen LogP contribution in [0.2, 0.25) is 0 Å². The van der Waals surface area contributed by atoms with E-state index in [4.69, 9.17) is 10.8 Å². The van der Waals surface area contributed by atoms with E-state index in [1.807, 2.05) is 6.92 Å². The average molecular weight is 237 g/mol. The number of pyridine rings is 1. The number of amides is 1. The molecule has 0 spiro atoms. The summed E-state index contributed by atoms with van der Waals surface area (Å²) in [6.45, 7) is 3.03. The van der Waals surface area contributed by atoms with Gasteiger partial charge in [-0.2, -0.15) is 0 Å². The van der Waals surface area contributed by atoms with E-state index in [-0.39, 0.29) is 12.3 Å². The van der Waals surface area contributed by atoms with Crippen LogP contribution in [-0.2, 0) is 0 Å². The fraction of sp³-hybridized carbons (Fsp3) is 0.500. The fourth-order valence-corrected chi connectivity index (χ4v) is 1.45. The molecule has 0 aromatic carbocycles. The minimum Gasteiger partial charge on any atom is -0.396 e. The van der Waals surface area contributed by atoms with Gasteiger partial charge >= 0.3 is 0 Å². The molecule has 0 aliphatic heterocycles. The summed E-state index contributed by atoms with van der Waals surface area (Å²) in [5.41, 5.74) is 6.24. The highest BCUT2D eigenvalue weighted by molar-refractivity contribution is 5.91. The van der Waals surface area contributed by atoms with Crippen LogP contribution in [0.5, 0.6) is 0 Å². The van der Waals surface area contributed by atoms with Crippen molar-refractivity contribution in [3.05, 3.63) is 24.0 Å². The van der Waals surface area contributed by atoms with E-state index in [0.717, 1.165) is 25.1 Å². The fourth-order valence-electron chi connectivity index (χ4n) is 1.45. The Labute approximate surface area is 101 Å². The van der Waals surface area contributed by atoms with Crippen molar-refractivity contribution < 1.29 is 9.90 Å². The van der Waals surface area contributed by atoms with Gasteiger partial charge in [0.1, 0.15) is 5.69 Å². The van der Waals surface area contributed by atoms with Crippen LogP contribution < -0.4 is 11.1 Å². The molecule has 0 radical (unpaired) electrons. The second-order valence-corrected chi connectivity index (χ2v) is 4.15. The van der Waals surface area contributed by atoms with Crippen molar-refractivity contribution in [2.24, 2.45) is 11.7 Å². The Morgan fingerprint density at radius 1 is 1.65 bits per heavy atom. The smallest absolute Gasteiger partial charge is 0.267 e. The van der Waals surface area contributed by atoms with E-state index < -0.39 is 5.91 Å². The summed E-state index contributed by atoms with van der Waals surface area (Å²) in [6.07, 6.45) is 3.49. The van der Waals surface area contributed by atoms with Gasteiger partial charge in [0, 0.05) is 25.0 Å². The second kappa shape index (κ2) is 6.85. The van der Waals surface area contributed by atoms with Crippen LogP contribution in [0.4, 0.5) is 5.69 Å². The highest BCUT2D eigenvalue weighted by Crippen LogP contribution is 2.09. The van der Waals surface area contributed by atoms with Crippen molar-refractivity contribution in [2.45, 2.75) is 19.8 Å². The van der Waals surface area contributed by atoms with Crippen LogP contribution in [0.15, 0.2) is 18.3 Å². The summed E-state index contributed by atoms with van der Waals surface area (Å²) < 4.78 is 0. The van der Waals surface area contributed by atoms with E-state index in [1.54, 1.807) is 18.3 Å². The number of aromatic nitrogens is 1. The maximum Gasteiger partial charge on any atom is 0.267 e. The number of hydrogen-bond acceptors (Lipinski definition) is 4. The molecule has 1 unspecified atom stereocenters. The number of rotatable bonds is 7. The molecule has 0 aliphatic carbocycles. The van der Waals surface area contributed by atoms with Gasteiger partial charge in [-0.25, -0.2) is 0 Å². The van der Waals surface area contributed by atoms with Gasteiger partial charge in [-0.3, -0.25) is 9.78 Å². The van der Waals surface area contributed by atoms with Crippen molar-refractivity contribution in [2.75, 3.05) is 18.5 Å². The lowest BCUT2D eigenvalue weighted by Crippen LogP contribution is -2.13. The average Bonchev–Trinajstić information content (AvgIpc) is 2.34. The van der Waals surface area contributed by atoms with Gasteiger partial charge in [-0.15, -0.1) is 0 Å². The van der Waals surface area contributed by atoms with Crippen LogP contribution in [0, 0.1) is 5.92 Å². The number of carbonyl (C=O) groups excluding carboxylic acids is 1. The van der Waals surface area contributed by atoms with Crippen LogP contribution in [0.3, 0.4) is 0 Å². The minimum absolute atomic E-state index is 0.223. The molecule has 0 bridgehead atoms. The molecule has 0 fully saturated rings. The maximum atomic E-state index is 10.9.